The van der Waals surface area contributed by atoms with Crippen LogP contribution in [0.15, 0.2) is 30.3 Å². The molecule has 2 fully saturated rings. The number of benzene rings is 1. The van der Waals surface area contributed by atoms with Gasteiger partial charge in [-0.25, -0.2) is 0 Å². The van der Waals surface area contributed by atoms with Gasteiger partial charge in [0.2, 0.25) is 0 Å². The third-order valence-electron chi connectivity index (χ3n) is 6.56. The molecule has 0 radical (unpaired) electrons. The summed E-state index contributed by atoms with van der Waals surface area (Å²) in [5.74, 6) is 0. The molecule has 3 rings (SSSR count). The van der Waals surface area contributed by atoms with Crippen LogP contribution in [-0.4, -0.2) is 48.3 Å². The Hall–Kier alpha value is -0.317. The Morgan fingerprint density at radius 3 is 2.25 bits per heavy atom. The van der Waals surface area contributed by atoms with E-state index in [4.69, 9.17) is 0 Å². The van der Waals surface area contributed by atoms with E-state index < -0.39 is 13.3 Å². The third kappa shape index (κ3) is 4.44. The zero-order chi connectivity index (χ0) is 16.7. The van der Waals surface area contributed by atoms with Gasteiger partial charge in [0.15, 0.2) is 0 Å². The minimum atomic E-state index is -2.42. The quantitative estimate of drug-likeness (QED) is 0.710. The van der Waals surface area contributed by atoms with Crippen molar-refractivity contribution in [1.82, 2.24) is 4.90 Å². The fourth-order valence-electron chi connectivity index (χ4n) is 5.11. The predicted molar refractivity (Wildman–Crippen MR) is 105 cm³/mol. The molecule has 0 amide bonds. The summed E-state index contributed by atoms with van der Waals surface area (Å²) in [5, 5.41) is 11.9. The third-order valence-corrected chi connectivity index (χ3v) is 18.0. The summed E-state index contributed by atoms with van der Waals surface area (Å²) in [4.78, 5) is 2.67. The SMILES string of the molecule is O[CH2][Ge]([CH2]CCN1CCCCC1)([c]1ccccc1)[CH]1CCCCC1. The number of likely N-dealkylation sites (tertiary alicyclic amines) is 1. The Bertz CT molecular complexity index is 468. The monoisotopic (exact) mass is 391 g/mol. The number of piperidine rings is 1. The minimum absolute atomic E-state index is 0.495. The van der Waals surface area contributed by atoms with Crippen molar-refractivity contribution < 1.29 is 5.11 Å². The number of rotatable bonds is 7. The summed E-state index contributed by atoms with van der Waals surface area (Å²) in [6.07, 6.45) is 12.4. The fourth-order valence-corrected chi connectivity index (χ4v) is 15.4. The second kappa shape index (κ2) is 9.40. The van der Waals surface area contributed by atoms with Crippen LogP contribution in [0.5, 0.6) is 0 Å². The first-order valence-electron chi connectivity index (χ1n) is 10.2. The maximum absolute atomic E-state index is 10.6. The molecule has 1 unspecified atom stereocenters. The first-order chi connectivity index (χ1) is 11.8. The van der Waals surface area contributed by atoms with Crippen LogP contribution in [0, 0.1) is 0 Å². The average molecular weight is 390 g/mol. The van der Waals surface area contributed by atoms with Crippen LogP contribution < -0.4 is 4.40 Å². The van der Waals surface area contributed by atoms with E-state index in [0.29, 0.717) is 5.44 Å². The van der Waals surface area contributed by atoms with Crippen molar-refractivity contribution in [3.05, 3.63) is 30.3 Å². The standard InChI is InChI=1S/C21H35GeNO/c24-19-22(20-11-4-1-5-12-20,21-13-6-2-7-14-21)15-10-18-23-16-8-3-9-17-23/h1,4-5,11-12,21,24H,2-3,6-10,13-19H2. The van der Waals surface area contributed by atoms with E-state index >= 15 is 0 Å². The van der Waals surface area contributed by atoms with Crippen molar-refractivity contribution in [2.45, 2.75) is 67.8 Å². The van der Waals surface area contributed by atoms with E-state index in [0.717, 1.165) is 4.75 Å². The number of hydrogen-bond acceptors (Lipinski definition) is 2. The van der Waals surface area contributed by atoms with Crippen molar-refractivity contribution in [3.63, 3.8) is 0 Å². The molecule has 0 spiro atoms. The molecule has 1 aromatic rings. The number of aliphatic hydroxyl groups is 1. The molecule has 2 aliphatic rings. The van der Waals surface area contributed by atoms with Gasteiger partial charge in [-0.3, -0.25) is 0 Å². The van der Waals surface area contributed by atoms with Gasteiger partial charge in [0, 0.05) is 0 Å². The molecule has 1 heterocycles. The fraction of sp³-hybridized carbons (Fsp3) is 0.714. The molecule has 0 aromatic heterocycles. The van der Waals surface area contributed by atoms with Crippen LogP contribution in [0.3, 0.4) is 0 Å². The summed E-state index contributed by atoms with van der Waals surface area (Å²) >= 11 is -2.42. The number of aliphatic hydroxyl groups excluding tert-OH is 1. The van der Waals surface area contributed by atoms with Crippen molar-refractivity contribution in [2.24, 2.45) is 0 Å². The number of hydrogen-bond donors (Lipinski definition) is 1. The molecule has 1 aliphatic carbocycles. The van der Waals surface area contributed by atoms with E-state index in [-0.39, 0.29) is 0 Å². The molecular formula is C21H35GeNO. The van der Waals surface area contributed by atoms with Crippen LogP contribution in [-0.2, 0) is 0 Å². The van der Waals surface area contributed by atoms with E-state index in [2.05, 4.69) is 35.2 Å². The molecule has 2 nitrogen and oxygen atoms in total. The van der Waals surface area contributed by atoms with Gasteiger partial charge in [0.05, 0.1) is 0 Å². The second-order valence-corrected chi connectivity index (χ2v) is 17.5. The van der Waals surface area contributed by atoms with Crippen LogP contribution in [0.4, 0.5) is 0 Å². The van der Waals surface area contributed by atoms with Crippen molar-refractivity contribution >= 4 is 17.7 Å². The van der Waals surface area contributed by atoms with Gasteiger partial charge in [-0.1, -0.05) is 0 Å². The van der Waals surface area contributed by atoms with Crippen LogP contribution >= 0.6 is 0 Å². The molecular weight excluding hydrogens is 355 g/mol. The van der Waals surface area contributed by atoms with E-state index in [1.807, 2.05) is 0 Å². The van der Waals surface area contributed by atoms with Gasteiger partial charge in [-0.2, -0.15) is 0 Å². The van der Waals surface area contributed by atoms with Crippen LogP contribution in [0.25, 0.3) is 0 Å². The molecule has 1 N–H and O–H groups in total. The Morgan fingerprint density at radius 1 is 0.917 bits per heavy atom. The molecule has 134 valence electrons. The van der Waals surface area contributed by atoms with Crippen molar-refractivity contribution in [1.29, 1.82) is 0 Å². The zero-order valence-electron chi connectivity index (χ0n) is 15.3. The van der Waals surface area contributed by atoms with Crippen LogP contribution in [0.2, 0.25) is 10.0 Å². The zero-order valence-corrected chi connectivity index (χ0v) is 17.4. The van der Waals surface area contributed by atoms with Crippen molar-refractivity contribution in [3.8, 4) is 0 Å². The molecule has 1 aliphatic heterocycles. The first kappa shape index (κ1) is 18.5. The maximum atomic E-state index is 10.6. The van der Waals surface area contributed by atoms with Crippen molar-refractivity contribution in [2.75, 3.05) is 25.1 Å². The summed E-state index contributed by atoms with van der Waals surface area (Å²) in [5.41, 5.74) is 0.495. The van der Waals surface area contributed by atoms with Gasteiger partial charge >= 0.3 is 151 Å². The normalized spacial score (nSPS) is 23.0. The molecule has 1 aromatic carbocycles. The number of nitrogens with zero attached hydrogens (tertiary/aromatic N) is 1. The topological polar surface area (TPSA) is 23.5 Å². The molecule has 24 heavy (non-hydrogen) atoms. The second-order valence-electron chi connectivity index (χ2n) is 8.02. The molecule has 1 atom stereocenters. The first-order valence-corrected chi connectivity index (χ1v) is 15.5. The van der Waals surface area contributed by atoms with E-state index in [9.17, 15) is 5.11 Å². The van der Waals surface area contributed by atoms with E-state index in [1.54, 1.807) is 4.40 Å². The Balaban J connectivity index is 1.70. The molecule has 1 saturated heterocycles. The van der Waals surface area contributed by atoms with Gasteiger partial charge in [0.1, 0.15) is 0 Å². The molecule has 0 bridgehead atoms. The Labute approximate surface area is 151 Å². The summed E-state index contributed by atoms with van der Waals surface area (Å²) in [6.45, 7) is 3.86. The van der Waals surface area contributed by atoms with Gasteiger partial charge in [-0.05, 0) is 0 Å². The predicted octanol–water partition coefficient (Wildman–Crippen LogP) is 4.08. The molecule has 1 saturated carbocycles. The summed E-state index contributed by atoms with van der Waals surface area (Å²) < 4.78 is 2.40. The Kier molecular flexibility index (Phi) is 7.24. The average Bonchev–Trinajstić information content (AvgIpc) is 2.68. The van der Waals surface area contributed by atoms with Gasteiger partial charge in [-0.15, -0.1) is 0 Å². The summed E-state index contributed by atoms with van der Waals surface area (Å²) in [6, 6.07) is 11.2. The van der Waals surface area contributed by atoms with E-state index in [1.165, 1.54) is 82.7 Å². The summed E-state index contributed by atoms with van der Waals surface area (Å²) in [7, 11) is 0. The van der Waals surface area contributed by atoms with Gasteiger partial charge < -0.3 is 0 Å². The van der Waals surface area contributed by atoms with Crippen LogP contribution in [0.1, 0.15) is 57.8 Å². The molecule has 3 heteroatoms. The van der Waals surface area contributed by atoms with Gasteiger partial charge in [0.25, 0.3) is 0 Å². The Morgan fingerprint density at radius 2 is 1.58 bits per heavy atom.